The molecule has 1 heterocycles. The third-order valence-corrected chi connectivity index (χ3v) is 4.99. The maximum Gasteiger partial charge on any atom is 0.328 e. The second-order valence-electron chi connectivity index (χ2n) is 4.63. The van der Waals surface area contributed by atoms with Crippen LogP contribution in [0.5, 0.6) is 11.8 Å². The molecule has 0 fully saturated rings. The summed E-state index contributed by atoms with van der Waals surface area (Å²) in [5.41, 5.74) is 1.09. The van der Waals surface area contributed by atoms with Crippen molar-refractivity contribution in [1.82, 2.24) is 4.73 Å². The zero-order valence-corrected chi connectivity index (χ0v) is 11.4. The summed E-state index contributed by atoms with van der Waals surface area (Å²) in [4.78, 5) is 0. The second kappa shape index (κ2) is 4.08. The first-order valence-electron chi connectivity index (χ1n) is 5.78. The van der Waals surface area contributed by atoms with Crippen molar-refractivity contribution in [2.45, 2.75) is 18.3 Å². The number of halogens is 1. The highest BCUT2D eigenvalue weighted by atomic mass is 35.5. The van der Waals surface area contributed by atoms with Crippen molar-refractivity contribution in [2.24, 2.45) is 0 Å². The third-order valence-electron chi connectivity index (χ3n) is 3.50. The fourth-order valence-corrected chi connectivity index (χ4v) is 3.93. The molecule has 6 nitrogen and oxygen atoms in total. The monoisotopic (exact) mass is 305 g/mol. The smallest absolute Gasteiger partial charge is 0.328 e. The molecule has 0 saturated carbocycles. The molecule has 0 spiro atoms. The van der Waals surface area contributed by atoms with Gasteiger partial charge in [0.05, 0.1) is 0 Å². The van der Waals surface area contributed by atoms with Crippen molar-refractivity contribution in [1.29, 1.82) is 0 Å². The van der Waals surface area contributed by atoms with Crippen LogP contribution < -0.4 is 4.28 Å². The van der Waals surface area contributed by atoms with Crippen LogP contribution in [0.4, 0.5) is 0 Å². The van der Waals surface area contributed by atoms with E-state index >= 15 is 0 Å². The van der Waals surface area contributed by atoms with E-state index in [1.165, 1.54) is 0 Å². The van der Waals surface area contributed by atoms with Gasteiger partial charge in [-0.1, -0.05) is 16.9 Å². The molecular weight excluding hydrogens is 294 g/mol. The molecule has 1 aromatic heterocycles. The lowest BCUT2D eigenvalue weighted by molar-refractivity contribution is 0.201. The number of aromatic hydroxyl groups is 2. The summed E-state index contributed by atoms with van der Waals surface area (Å²) in [7, 11) is -3.94. The van der Waals surface area contributed by atoms with Gasteiger partial charge in [-0.2, -0.15) is 8.42 Å². The van der Waals surface area contributed by atoms with E-state index in [0.717, 1.165) is 6.42 Å². The van der Waals surface area contributed by atoms with E-state index in [-0.39, 0.29) is 29.5 Å². The minimum absolute atomic E-state index is 0.00600. The molecule has 2 aliphatic rings. The summed E-state index contributed by atoms with van der Waals surface area (Å²) in [5, 5.41) is 20.1. The number of hydrogen-bond donors (Lipinski definition) is 2. The Balaban J connectivity index is 2.02. The molecule has 8 heteroatoms. The van der Waals surface area contributed by atoms with Gasteiger partial charge in [-0.05, 0) is 6.42 Å². The number of nitrogens with zero attached hydrogens (tertiary/aromatic N) is 1. The summed E-state index contributed by atoms with van der Waals surface area (Å²) < 4.78 is 28.4. The van der Waals surface area contributed by atoms with Crippen LogP contribution in [0.15, 0.2) is 12.2 Å². The molecule has 104 valence electrons. The molecule has 19 heavy (non-hydrogen) atoms. The van der Waals surface area contributed by atoms with Crippen molar-refractivity contribution in [3.8, 4) is 11.8 Å². The molecule has 2 atom stereocenters. The SMILES string of the molecule is O=S(=O)(CCCl)On1c(O)c2c(c1O)C1C=CC2C1. The van der Waals surface area contributed by atoms with Crippen LogP contribution in [0.2, 0.25) is 0 Å². The fraction of sp³-hybridized carbons (Fsp3) is 0.455. The summed E-state index contributed by atoms with van der Waals surface area (Å²) >= 11 is 5.36. The Morgan fingerprint density at radius 1 is 1.26 bits per heavy atom. The Kier molecular flexibility index (Phi) is 2.72. The van der Waals surface area contributed by atoms with Crippen LogP contribution in [0.3, 0.4) is 0 Å². The predicted octanol–water partition coefficient (Wildman–Crippen LogP) is 1.04. The average molecular weight is 306 g/mol. The van der Waals surface area contributed by atoms with Crippen LogP contribution in [-0.2, 0) is 10.1 Å². The Labute approximate surface area is 114 Å². The number of alkyl halides is 1. The maximum atomic E-state index is 11.5. The molecular formula is C11H12ClNO5S. The van der Waals surface area contributed by atoms with Crippen molar-refractivity contribution < 1.29 is 22.9 Å². The lowest BCUT2D eigenvalue weighted by Crippen LogP contribution is -2.23. The molecule has 2 bridgehead atoms. The van der Waals surface area contributed by atoms with E-state index in [4.69, 9.17) is 15.9 Å². The van der Waals surface area contributed by atoms with Crippen molar-refractivity contribution in [3.05, 3.63) is 23.3 Å². The molecule has 2 unspecified atom stereocenters. The summed E-state index contributed by atoms with van der Waals surface area (Å²) in [6.07, 6.45) is 4.66. The number of aromatic nitrogens is 1. The predicted molar refractivity (Wildman–Crippen MR) is 68.1 cm³/mol. The van der Waals surface area contributed by atoms with Gasteiger partial charge in [-0.3, -0.25) is 4.28 Å². The van der Waals surface area contributed by atoms with Gasteiger partial charge in [0, 0.05) is 28.8 Å². The Bertz CT molecular complexity index is 628. The van der Waals surface area contributed by atoms with E-state index in [9.17, 15) is 18.6 Å². The molecule has 0 amide bonds. The lowest BCUT2D eigenvalue weighted by Gasteiger charge is -2.09. The molecule has 2 N–H and O–H groups in total. The molecule has 0 aliphatic heterocycles. The fourth-order valence-electron chi connectivity index (χ4n) is 2.73. The first-order chi connectivity index (χ1) is 8.94. The van der Waals surface area contributed by atoms with Gasteiger partial charge < -0.3 is 10.2 Å². The molecule has 2 aliphatic carbocycles. The first kappa shape index (κ1) is 12.7. The van der Waals surface area contributed by atoms with E-state index in [2.05, 4.69) is 0 Å². The van der Waals surface area contributed by atoms with E-state index in [0.29, 0.717) is 15.9 Å². The average Bonchev–Trinajstić information content (AvgIpc) is 2.98. The number of allylic oxidation sites excluding steroid dienone is 2. The topological polar surface area (TPSA) is 88.8 Å². The summed E-state index contributed by atoms with van der Waals surface area (Å²) in [5.74, 6) is -1.23. The Hall–Kier alpha value is -1.34. The van der Waals surface area contributed by atoms with Crippen LogP contribution >= 0.6 is 11.6 Å². The van der Waals surface area contributed by atoms with Crippen molar-refractivity contribution in [3.63, 3.8) is 0 Å². The van der Waals surface area contributed by atoms with Crippen molar-refractivity contribution in [2.75, 3.05) is 11.6 Å². The molecule has 0 radical (unpaired) electrons. The molecule has 1 aromatic rings. The minimum Gasteiger partial charge on any atom is -0.492 e. The van der Waals surface area contributed by atoms with Crippen LogP contribution in [0.25, 0.3) is 0 Å². The van der Waals surface area contributed by atoms with Gasteiger partial charge in [-0.15, -0.1) is 11.6 Å². The zero-order chi connectivity index (χ0) is 13.8. The highest BCUT2D eigenvalue weighted by Crippen LogP contribution is 2.56. The van der Waals surface area contributed by atoms with Gasteiger partial charge in [0.2, 0.25) is 11.8 Å². The third kappa shape index (κ3) is 1.80. The Morgan fingerprint density at radius 3 is 2.26 bits per heavy atom. The van der Waals surface area contributed by atoms with Crippen LogP contribution in [0.1, 0.15) is 29.4 Å². The molecule has 3 rings (SSSR count). The zero-order valence-electron chi connectivity index (χ0n) is 9.78. The Morgan fingerprint density at radius 2 is 1.79 bits per heavy atom. The standard InChI is InChI=1S/C11H12ClNO5S/c12-3-4-19(16,17)18-13-10(14)8-6-1-2-7(5-6)9(8)11(13)15/h1-2,6-7,14-15H,3-5H2. The highest BCUT2D eigenvalue weighted by molar-refractivity contribution is 7.86. The molecule has 0 aromatic carbocycles. The largest absolute Gasteiger partial charge is 0.492 e. The van der Waals surface area contributed by atoms with E-state index in [1.54, 1.807) is 0 Å². The minimum atomic E-state index is -3.94. The first-order valence-corrected chi connectivity index (χ1v) is 7.89. The van der Waals surface area contributed by atoms with Gasteiger partial charge in [0.25, 0.3) is 0 Å². The van der Waals surface area contributed by atoms with Gasteiger partial charge in [0.1, 0.15) is 5.75 Å². The second-order valence-corrected chi connectivity index (χ2v) is 6.68. The number of hydrogen-bond acceptors (Lipinski definition) is 5. The normalized spacial score (nSPS) is 23.8. The lowest BCUT2D eigenvalue weighted by atomic mass is 10.0. The van der Waals surface area contributed by atoms with Gasteiger partial charge >= 0.3 is 10.1 Å². The number of fused-ring (bicyclic) bond motifs is 5. The van der Waals surface area contributed by atoms with E-state index < -0.39 is 15.9 Å². The van der Waals surface area contributed by atoms with Crippen LogP contribution in [-0.4, -0.2) is 35.0 Å². The highest BCUT2D eigenvalue weighted by Gasteiger charge is 2.42. The van der Waals surface area contributed by atoms with E-state index in [1.807, 2.05) is 12.2 Å². The van der Waals surface area contributed by atoms with Gasteiger partial charge in [0.15, 0.2) is 0 Å². The summed E-state index contributed by atoms with van der Waals surface area (Å²) in [6.45, 7) is 0. The number of rotatable bonds is 4. The van der Waals surface area contributed by atoms with Gasteiger partial charge in [-0.25, -0.2) is 0 Å². The maximum absolute atomic E-state index is 11.5. The summed E-state index contributed by atoms with van der Waals surface area (Å²) in [6, 6.07) is 0. The van der Waals surface area contributed by atoms with Crippen LogP contribution in [0, 0.1) is 0 Å². The quantitative estimate of drug-likeness (QED) is 0.641. The molecule has 0 saturated heterocycles. The van der Waals surface area contributed by atoms with Crippen molar-refractivity contribution >= 4 is 21.7 Å².